The van der Waals surface area contributed by atoms with Gasteiger partial charge in [0, 0.05) is 9.26 Å². The Bertz CT molecular complexity index is 437. The van der Waals surface area contributed by atoms with Gasteiger partial charge in [-0.1, -0.05) is 6.07 Å². The molecule has 18 heavy (non-hydrogen) atoms. The van der Waals surface area contributed by atoms with Crippen LogP contribution in [0.25, 0.3) is 0 Å². The van der Waals surface area contributed by atoms with Crippen LogP contribution in [0.1, 0.15) is 13.8 Å². The smallest absolute Gasteiger partial charge is 0.328 e. The van der Waals surface area contributed by atoms with E-state index in [9.17, 15) is 9.59 Å². The predicted molar refractivity (Wildman–Crippen MR) is 77.4 cm³/mol. The zero-order valence-electron chi connectivity index (χ0n) is 10.2. The Morgan fingerprint density at radius 3 is 2.78 bits per heavy atom. The fourth-order valence-corrected chi connectivity index (χ4v) is 1.80. The van der Waals surface area contributed by atoms with E-state index in [0.29, 0.717) is 12.3 Å². The van der Waals surface area contributed by atoms with Gasteiger partial charge in [-0.15, -0.1) is 0 Å². The molecule has 1 aromatic carbocycles. The number of carbonyl (C=O) groups is 2. The molecule has 0 radical (unpaired) electrons. The largest absolute Gasteiger partial charge is 0.464 e. The molecule has 0 fully saturated rings. The summed E-state index contributed by atoms with van der Waals surface area (Å²) in [6.45, 7) is 3.59. The van der Waals surface area contributed by atoms with Gasteiger partial charge in [0.05, 0.1) is 6.61 Å². The zero-order valence-corrected chi connectivity index (χ0v) is 12.4. The molecule has 1 aromatic rings. The summed E-state index contributed by atoms with van der Waals surface area (Å²) in [7, 11) is 0. The topological polar surface area (TPSA) is 67.4 Å². The van der Waals surface area contributed by atoms with Crippen molar-refractivity contribution in [2.45, 2.75) is 19.9 Å². The molecule has 0 unspecified atom stereocenters. The first-order chi connectivity index (χ1) is 8.52. The van der Waals surface area contributed by atoms with Gasteiger partial charge in [-0.05, 0) is 54.6 Å². The molecule has 0 aliphatic heterocycles. The van der Waals surface area contributed by atoms with Gasteiger partial charge in [0.15, 0.2) is 0 Å². The van der Waals surface area contributed by atoms with E-state index >= 15 is 0 Å². The molecule has 2 N–H and O–H groups in total. The molecule has 0 bridgehead atoms. The van der Waals surface area contributed by atoms with Crippen molar-refractivity contribution in [3.05, 3.63) is 27.8 Å². The van der Waals surface area contributed by atoms with Crippen LogP contribution in [0.2, 0.25) is 0 Å². The van der Waals surface area contributed by atoms with Crippen molar-refractivity contribution >= 4 is 40.3 Å². The minimum absolute atomic E-state index is 0.295. The molecule has 2 amide bonds. The summed E-state index contributed by atoms with van der Waals surface area (Å²) < 4.78 is 5.81. The molecule has 5 nitrogen and oxygen atoms in total. The third-order valence-electron chi connectivity index (χ3n) is 2.07. The molecule has 1 atom stereocenters. The minimum Gasteiger partial charge on any atom is -0.464 e. The summed E-state index contributed by atoms with van der Waals surface area (Å²) in [6.07, 6.45) is 0. The Morgan fingerprint density at radius 1 is 1.44 bits per heavy atom. The first-order valence-electron chi connectivity index (χ1n) is 5.52. The summed E-state index contributed by atoms with van der Waals surface area (Å²) in [4.78, 5) is 22.9. The molecule has 0 saturated heterocycles. The summed E-state index contributed by atoms with van der Waals surface area (Å²) in [5.74, 6) is -0.449. The molecular weight excluding hydrogens is 347 g/mol. The van der Waals surface area contributed by atoms with Crippen LogP contribution in [0.4, 0.5) is 10.5 Å². The van der Waals surface area contributed by atoms with E-state index in [1.165, 1.54) is 0 Å². The molecular formula is C12H15IN2O3. The number of halogens is 1. The number of hydrogen-bond donors (Lipinski definition) is 2. The van der Waals surface area contributed by atoms with Crippen LogP contribution in [-0.2, 0) is 9.53 Å². The summed E-state index contributed by atoms with van der Waals surface area (Å²) >= 11 is 2.15. The van der Waals surface area contributed by atoms with Crippen molar-refractivity contribution in [2.24, 2.45) is 0 Å². The Balaban J connectivity index is 2.49. The molecule has 0 aliphatic carbocycles. The van der Waals surface area contributed by atoms with Crippen LogP contribution in [-0.4, -0.2) is 24.6 Å². The van der Waals surface area contributed by atoms with E-state index in [1.807, 2.05) is 18.2 Å². The highest BCUT2D eigenvalue weighted by Gasteiger charge is 2.16. The summed E-state index contributed by atoms with van der Waals surface area (Å²) in [6, 6.07) is 6.26. The maximum atomic E-state index is 11.6. The van der Waals surface area contributed by atoms with E-state index in [4.69, 9.17) is 4.74 Å². The standard InChI is InChI=1S/C12H15IN2O3/c1-3-18-11(16)8(2)14-12(17)15-10-6-4-5-9(13)7-10/h4-8H,3H2,1-2H3,(H2,14,15,17)/t8-/m0/s1. The lowest BCUT2D eigenvalue weighted by atomic mass is 10.3. The van der Waals surface area contributed by atoms with Gasteiger partial charge >= 0.3 is 12.0 Å². The molecule has 0 aliphatic rings. The quantitative estimate of drug-likeness (QED) is 0.638. The summed E-state index contributed by atoms with van der Waals surface area (Å²) in [5.41, 5.74) is 0.676. The van der Waals surface area contributed by atoms with Gasteiger partial charge in [0.1, 0.15) is 6.04 Å². The van der Waals surface area contributed by atoms with Gasteiger partial charge in [-0.2, -0.15) is 0 Å². The maximum Gasteiger partial charge on any atom is 0.328 e. The van der Waals surface area contributed by atoms with E-state index in [0.717, 1.165) is 3.57 Å². The number of carbonyl (C=O) groups excluding carboxylic acids is 2. The highest BCUT2D eigenvalue weighted by Crippen LogP contribution is 2.12. The van der Waals surface area contributed by atoms with Crippen LogP contribution in [0.15, 0.2) is 24.3 Å². The molecule has 0 spiro atoms. The molecule has 6 heteroatoms. The van der Waals surface area contributed by atoms with E-state index in [-0.39, 0.29) is 0 Å². The average Bonchev–Trinajstić information content (AvgIpc) is 2.28. The van der Waals surface area contributed by atoms with Crippen molar-refractivity contribution in [3.63, 3.8) is 0 Å². The number of anilines is 1. The number of benzene rings is 1. The minimum atomic E-state index is -0.673. The number of hydrogen-bond acceptors (Lipinski definition) is 3. The lowest BCUT2D eigenvalue weighted by Crippen LogP contribution is -2.41. The fourth-order valence-electron chi connectivity index (χ4n) is 1.26. The van der Waals surface area contributed by atoms with Crippen LogP contribution in [0.3, 0.4) is 0 Å². The lowest BCUT2D eigenvalue weighted by molar-refractivity contribution is -0.144. The fraction of sp³-hybridized carbons (Fsp3) is 0.333. The van der Waals surface area contributed by atoms with Gasteiger partial charge in [0.2, 0.25) is 0 Å². The normalized spacial score (nSPS) is 11.5. The maximum absolute atomic E-state index is 11.6. The van der Waals surface area contributed by atoms with Gasteiger partial charge in [-0.3, -0.25) is 0 Å². The Hall–Kier alpha value is -1.31. The second kappa shape index (κ2) is 7.20. The number of rotatable bonds is 4. The van der Waals surface area contributed by atoms with Crippen molar-refractivity contribution in [3.8, 4) is 0 Å². The van der Waals surface area contributed by atoms with Gasteiger partial charge in [-0.25, -0.2) is 9.59 Å². The second-order valence-electron chi connectivity index (χ2n) is 3.58. The Kier molecular flexibility index (Phi) is 5.90. The van der Waals surface area contributed by atoms with Crippen LogP contribution >= 0.6 is 22.6 Å². The molecule has 98 valence electrons. The number of urea groups is 1. The predicted octanol–water partition coefficient (Wildman–Crippen LogP) is 2.36. The van der Waals surface area contributed by atoms with Gasteiger partial charge in [0.25, 0.3) is 0 Å². The molecule has 1 rings (SSSR count). The Morgan fingerprint density at radius 2 is 2.17 bits per heavy atom. The second-order valence-corrected chi connectivity index (χ2v) is 4.83. The molecule has 0 heterocycles. The van der Waals surface area contributed by atoms with Crippen LogP contribution in [0, 0.1) is 3.57 Å². The monoisotopic (exact) mass is 362 g/mol. The molecule has 0 saturated carbocycles. The molecule has 0 aromatic heterocycles. The third kappa shape index (κ3) is 4.91. The first-order valence-corrected chi connectivity index (χ1v) is 6.60. The lowest BCUT2D eigenvalue weighted by Gasteiger charge is -2.13. The van der Waals surface area contributed by atoms with Crippen molar-refractivity contribution < 1.29 is 14.3 Å². The van der Waals surface area contributed by atoms with Gasteiger partial charge < -0.3 is 15.4 Å². The number of ether oxygens (including phenoxy) is 1. The number of esters is 1. The number of amides is 2. The van der Waals surface area contributed by atoms with E-state index < -0.39 is 18.0 Å². The Labute approximate surface area is 119 Å². The first kappa shape index (κ1) is 14.7. The number of nitrogens with one attached hydrogen (secondary N) is 2. The van der Waals surface area contributed by atoms with Crippen molar-refractivity contribution in [1.29, 1.82) is 0 Å². The van der Waals surface area contributed by atoms with E-state index in [1.54, 1.807) is 19.9 Å². The van der Waals surface area contributed by atoms with Crippen LogP contribution in [0.5, 0.6) is 0 Å². The average molecular weight is 362 g/mol. The van der Waals surface area contributed by atoms with Crippen LogP contribution < -0.4 is 10.6 Å². The van der Waals surface area contributed by atoms with E-state index in [2.05, 4.69) is 33.2 Å². The summed E-state index contributed by atoms with van der Waals surface area (Å²) in [5, 5.41) is 5.15. The highest BCUT2D eigenvalue weighted by atomic mass is 127. The highest BCUT2D eigenvalue weighted by molar-refractivity contribution is 14.1. The third-order valence-corrected chi connectivity index (χ3v) is 2.74. The zero-order chi connectivity index (χ0) is 13.5. The van der Waals surface area contributed by atoms with Crippen molar-refractivity contribution in [1.82, 2.24) is 5.32 Å². The van der Waals surface area contributed by atoms with Crippen molar-refractivity contribution in [2.75, 3.05) is 11.9 Å². The SMILES string of the molecule is CCOC(=O)[C@H](C)NC(=O)Nc1cccc(I)c1.